The van der Waals surface area contributed by atoms with Crippen molar-refractivity contribution in [3.63, 3.8) is 0 Å². The number of allylic oxidation sites excluding steroid dienone is 1. The summed E-state index contributed by atoms with van der Waals surface area (Å²) >= 11 is 0. The maximum Gasteiger partial charge on any atom is 0.209 e. The van der Waals surface area contributed by atoms with Gasteiger partial charge in [-0.15, -0.1) is 6.58 Å². The Balaban J connectivity index is 0.000000638. The van der Waals surface area contributed by atoms with Crippen LogP contribution in [0.4, 0.5) is 5.82 Å². The van der Waals surface area contributed by atoms with Gasteiger partial charge in [-0.2, -0.15) is 5.10 Å². The molecule has 5 rings (SSSR count). The number of para-hydroxylation sites is 1. The van der Waals surface area contributed by atoms with E-state index < -0.39 is 0 Å². The summed E-state index contributed by atoms with van der Waals surface area (Å²) in [5.74, 6) is 2.63. The van der Waals surface area contributed by atoms with Crippen molar-refractivity contribution >= 4 is 18.5 Å². The number of benzene rings is 2. The van der Waals surface area contributed by atoms with Gasteiger partial charge >= 0.3 is 0 Å². The Morgan fingerprint density at radius 2 is 1.69 bits per heavy atom. The molecule has 8 heteroatoms. The first-order valence-electron chi connectivity index (χ1n) is 11.7. The molecule has 2 aromatic carbocycles. The summed E-state index contributed by atoms with van der Waals surface area (Å²) in [6.07, 6.45) is 4.44. The lowest BCUT2D eigenvalue weighted by Gasteiger charge is -2.43. The first kappa shape index (κ1) is 25.7. The molecule has 2 aliphatic rings. The Bertz CT molecular complexity index is 1110. The topological polar surface area (TPSA) is 102 Å². The minimum atomic E-state index is 0.186. The summed E-state index contributed by atoms with van der Waals surface area (Å²) in [7, 11) is 1.50. The molecule has 1 amide bonds. The molecule has 1 atom stereocenters. The van der Waals surface area contributed by atoms with Crippen molar-refractivity contribution < 1.29 is 14.3 Å². The highest BCUT2D eigenvalue weighted by molar-refractivity contribution is 5.92. The number of aldehydes is 1. The molecule has 35 heavy (non-hydrogen) atoms. The van der Waals surface area contributed by atoms with E-state index >= 15 is 0 Å². The first-order valence-corrected chi connectivity index (χ1v) is 11.7. The minimum Gasteiger partial charge on any atom is -0.457 e. The molecule has 2 aliphatic heterocycles. The summed E-state index contributed by atoms with van der Waals surface area (Å²) in [6, 6.07) is 17.4. The van der Waals surface area contributed by atoms with Crippen LogP contribution in [-0.4, -0.2) is 54.1 Å². The number of ether oxygens (including phenoxy) is 1. The zero-order valence-electron chi connectivity index (χ0n) is 20.3. The quantitative estimate of drug-likeness (QED) is 0.406. The number of hydrogen-bond donors (Lipinski definition) is 2. The van der Waals surface area contributed by atoms with E-state index in [1.165, 1.54) is 7.05 Å². The van der Waals surface area contributed by atoms with Crippen LogP contribution in [0.5, 0.6) is 11.5 Å². The van der Waals surface area contributed by atoms with Crippen LogP contribution in [0.15, 0.2) is 67.3 Å². The van der Waals surface area contributed by atoms with Gasteiger partial charge in [-0.1, -0.05) is 24.3 Å². The zero-order chi connectivity index (χ0) is 25.2. The van der Waals surface area contributed by atoms with Crippen molar-refractivity contribution in [3.8, 4) is 22.8 Å². The van der Waals surface area contributed by atoms with E-state index in [2.05, 4.69) is 17.6 Å². The van der Waals surface area contributed by atoms with Gasteiger partial charge in [0.15, 0.2) is 6.29 Å². The van der Waals surface area contributed by atoms with Crippen molar-refractivity contribution in [1.82, 2.24) is 14.7 Å². The number of carbonyl (C=O) groups excluding carboxylic acids is 2. The predicted octanol–water partition coefficient (Wildman–Crippen LogP) is 4.37. The van der Waals surface area contributed by atoms with Crippen molar-refractivity contribution in [2.75, 3.05) is 32.0 Å². The van der Waals surface area contributed by atoms with Crippen molar-refractivity contribution in [2.24, 2.45) is 11.7 Å². The fourth-order valence-electron chi connectivity index (χ4n) is 4.27. The lowest BCUT2D eigenvalue weighted by Crippen LogP contribution is -2.50. The van der Waals surface area contributed by atoms with Crippen molar-refractivity contribution in [2.45, 2.75) is 19.4 Å². The minimum absolute atomic E-state index is 0.186. The Labute approximate surface area is 206 Å². The standard InChI is InChI=1S/C23H22N4O3.C3H6.CH5N/c28-14-20-22(16-6-8-19(9-7-16)30-18-4-2-1-3-5-18)25-27-21(10-11-24-23(20)27)17-12-26(13-17)15-29;1-3-2;1-2/h1-9,14-15,17,21,24H,10-13H2;3H,1H2,2H3;2H2,1H3. The Morgan fingerprint density at radius 3 is 2.29 bits per heavy atom. The van der Waals surface area contributed by atoms with E-state index in [0.717, 1.165) is 61.6 Å². The summed E-state index contributed by atoms with van der Waals surface area (Å²) in [5.41, 5.74) is 6.60. The molecule has 0 radical (unpaired) electrons. The highest BCUT2D eigenvalue weighted by Gasteiger charge is 2.38. The van der Waals surface area contributed by atoms with Crippen LogP contribution in [0.1, 0.15) is 29.7 Å². The van der Waals surface area contributed by atoms with E-state index in [0.29, 0.717) is 17.2 Å². The number of carbonyl (C=O) groups is 2. The Kier molecular flexibility index (Phi) is 9.20. The molecule has 1 aromatic heterocycles. The largest absolute Gasteiger partial charge is 0.457 e. The molecular weight excluding hydrogens is 442 g/mol. The predicted molar refractivity (Wildman–Crippen MR) is 139 cm³/mol. The summed E-state index contributed by atoms with van der Waals surface area (Å²) in [5, 5.41) is 8.15. The lowest BCUT2D eigenvalue weighted by molar-refractivity contribution is -0.125. The third-order valence-corrected chi connectivity index (χ3v) is 5.85. The molecule has 1 unspecified atom stereocenters. The fraction of sp³-hybridized carbons (Fsp3) is 0.296. The second-order valence-corrected chi connectivity index (χ2v) is 8.12. The number of likely N-dealkylation sites (tertiary alicyclic amines) is 1. The SMILES string of the molecule is C=CC.CN.O=Cc1c(-c2ccc(Oc3ccccc3)cc2)nn2c1NCCC2C1CN(C=O)C1. The van der Waals surface area contributed by atoms with E-state index in [-0.39, 0.29) is 6.04 Å². The molecule has 3 N–H and O–H groups in total. The average Bonchev–Trinajstić information content (AvgIpc) is 3.26. The number of anilines is 1. The van der Waals surface area contributed by atoms with Crippen LogP contribution in [0.2, 0.25) is 0 Å². The van der Waals surface area contributed by atoms with Gasteiger partial charge in [-0.05, 0) is 56.8 Å². The van der Waals surface area contributed by atoms with E-state index in [1.807, 2.05) is 66.2 Å². The van der Waals surface area contributed by atoms with Crippen LogP contribution in [-0.2, 0) is 4.79 Å². The molecule has 1 saturated heterocycles. The number of rotatable bonds is 6. The summed E-state index contributed by atoms with van der Waals surface area (Å²) < 4.78 is 7.81. The normalized spacial score (nSPS) is 16.1. The van der Waals surface area contributed by atoms with E-state index in [9.17, 15) is 9.59 Å². The molecular formula is C27H33N5O3. The molecule has 0 aliphatic carbocycles. The molecule has 184 valence electrons. The number of aromatic nitrogens is 2. The molecule has 1 fully saturated rings. The second kappa shape index (κ2) is 12.5. The van der Waals surface area contributed by atoms with Crippen LogP contribution in [0, 0.1) is 5.92 Å². The van der Waals surface area contributed by atoms with E-state index in [1.54, 1.807) is 11.0 Å². The number of hydrogen-bond acceptors (Lipinski definition) is 6. The maximum atomic E-state index is 11.9. The zero-order valence-corrected chi connectivity index (χ0v) is 20.3. The van der Waals surface area contributed by atoms with Gasteiger partial charge in [0.1, 0.15) is 23.0 Å². The smallest absolute Gasteiger partial charge is 0.209 e. The third-order valence-electron chi connectivity index (χ3n) is 5.85. The average molecular weight is 476 g/mol. The van der Waals surface area contributed by atoms with Crippen LogP contribution < -0.4 is 15.8 Å². The highest BCUT2D eigenvalue weighted by atomic mass is 16.5. The van der Waals surface area contributed by atoms with Crippen molar-refractivity contribution in [1.29, 1.82) is 0 Å². The van der Waals surface area contributed by atoms with Crippen molar-refractivity contribution in [3.05, 3.63) is 72.8 Å². The molecule has 8 nitrogen and oxygen atoms in total. The Hall–Kier alpha value is -3.91. The van der Waals surface area contributed by atoms with Gasteiger partial charge < -0.3 is 20.7 Å². The molecule has 0 spiro atoms. The van der Waals surface area contributed by atoms with Gasteiger partial charge in [0.25, 0.3) is 0 Å². The number of amides is 1. The lowest BCUT2D eigenvalue weighted by atomic mass is 9.89. The number of nitrogens with zero attached hydrogens (tertiary/aromatic N) is 3. The molecule has 3 heterocycles. The second-order valence-electron chi connectivity index (χ2n) is 8.12. The fourth-order valence-corrected chi connectivity index (χ4v) is 4.27. The number of fused-ring (bicyclic) bond motifs is 1. The van der Waals surface area contributed by atoms with Crippen LogP contribution >= 0.6 is 0 Å². The van der Waals surface area contributed by atoms with E-state index in [4.69, 9.17) is 9.84 Å². The van der Waals surface area contributed by atoms with Crippen LogP contribution in [0.25, 0.3) is 11.3 Å². The van der Waals surface area contributed by atoms with Gasteiger partial charge in [-0.25, -0.2) is 4.68 Å². The first-order chi connectivity index (χ1) is 17.2. The Morgan fingerprint density at radius 1 is 1.06 bits per heavy atom. The summed E-state index contributed by atoms with van der Waals surface area (Å²) in [4.78, 5) is 24.6. The molecule has 0 saturated carbocycles. The molecule has 0 bridgehead atoms. The summed E-state index contributed by atoms with van der Waals surface area (Å²) in [6.45, 7) is 7.52. The van der Waals surface area contributed by atoms with Crippen LogP contribution in [0.3, 0.4) is 0 Å². The van der Waals surface area contributed by atoms with Gasteiger partial charge in [0, 0.05) is 31.1 Å². The van der Waals surface area contributed by atoms with Gasteiger partial charge in [0.05, 0.1) is 11.6 Å². The number of nitrogens with two attached hydrogens (primary N) is 1. The van der Waals surface area contributed by atoms with Gasteiger partial charge in [0.2, 0.25) is 6.41 Å². The third kappa shape index (κ3) is 5.78. The maximum absolute atomic E-state index is 11.9. The highest BCUT2D eigenvalue weighted by Crippen LogP contribution is 2.39. The number of nitrogens with one attached hydrogen (secondary N) is 1. The monoisotopic (exact) mass is 475 g/mol. The molecule has 3 aromatic rings. The van der Waals surface area contributed by atoms with Gasteiger partial charge in [-0.3, -0.25) is 9.59 Å².